The normalized spacial score (nSPS) is 11.4. The van der Waals surface area contributed by atoms with Gasteiger partial charge in [-0.2, -0.15) is 9.61 Å². The fourth-order valence-electron chi connectivity index (χ4n) is 2.99. The minimum Gasteiger partial charge on any atom is -0.294 e. The first kappa shape index (κ1) is 18.5. The zero-order chi connectivity index (χ0) is 19.5. The van der Waals surface area contributed by atoms with Crippen LogP contribution in [0.25, 0.3) is 15.5 Å². The van der Waals surface area contributed by atoms with E-state index in [9.17, 15) is 9.18 Å². The summed E-state index contributed by atoms with van der Waals surface area (Å²) in [6, 6.07) is 17.8. The van der Waals surface area contributed by atoms with Gasteiger partial charge in [0.1, 0.15) is 10.8 Å². The minimum absolute atomic E-state index is 0.184. The number of hydrogen-bond donors (Lipinski definition) is 0. The van der Waals surface area contributed by atoms with E-state index in [0.29, 0.717) is 23.7 Å². The highest BCUT2D eigenvalue weighted by molar-refractivity contribution is 7.19. The van der Waals surface area contributed by atoms with Gasteiger partial charge in [0.15, 0.2) is 0 Å². The van der Waals surface area contributed by atoms with Crippen molar-refractivity contribution < 1.29 is 4.39 Å². The Bertz CT molecular complexity index is 1140. The van der Waals surface area contributed by atoms with Crippen LogP contribution in [-0.2, 0) is 13.1 Å². The fraction of sp³-hybridized carbons (Fsp3) is 0.190. The van der Waals surface area contributed by atoms with Gasteiger partial charge in [0.2, 0.25) is 4.96 Å². The fourth-order valence-corrected chi connectivity index (χ4v) is 3.92. The van der Waals surface area contributed by atoms with Crippen molar-refractivity contribution in [3.05, 3.63) is 88.1 Å². The molecule has 0 bridgehead atoms. The van der Waals surface area contributed by atoms with Gasteiger partial charge in [-0.05, 0) is 24.2 Å². The smallest absolute Gasteiger partial charge is 0.275 e. The van der Waals surface area contributed by atoms with Gasteiger partial charge in [-0.15, -0.1) is 0 Å². The van der Waals surface area contributed by atoms with Crippen LogP contribution >= 0.6 is 11.3 Å². The molecule has 0 amide bonds. The number of benzene rings is 2. The van der Waals surface area contributed by atoms with Crippen molar-refractivity contribution in [1.29, 1.82) is 0 Å². The molecule has 0 saturated heterocycles. The van der Waals surface area contributed by atoms with Crippen molar-refractivity contribution >= 4 is 16.3 Å². The molecule has 5 nitrogen and oxygen atoms in total. The van der Waals surface area contributed by atoms with Crippen LogP contribution in [0.2, 0.25) is 0 Å². The molecule has 28 heavy (non-hydrogen) atoms. The molecule has 0 unspecified atom stereocenters. The number of rotatable bonds is 6. The Hall–Kier alpha value is -2.90. The predicted molar refractivity (Wildman–Crippen MR) is 109 cm³/mol. The molecule has 2 heterocycles. The van der Waals surface area contributed by atoms with Crippen LogP contribution in [0.5, 0.6) is 0 Å². The molecule has 2 aromatic carbocycles. The Balaban J connectivity index is 1.59. The number of fused-ring (bicyclic) bond motifs is 1. The summed E-state index contributed by atoms with van der Waals surface area (Å²) in [6.45, 7) is 4.04. The van der Waals surface area contributed by atoms with Crippen molar-refractivity contribution in [2.45, 2.75) is 20.0 Å². The number of halogens is 1. The van der Waals surface area contributed by atoms with Gasteiger partial charge in [-0.25, -0.2) is 9.37 Å². The first-order chi connectivity index (χ1) is 13.6. The molecule has 0 aliphatic rings. The molecule has 4 aromatic rings. The lowest BCUT2D eigenvalue weighted by molar-refractivity contribution is 0.268. The Morgan fingerprint density at radius 1 is 1.07 bits per heavy atom. The Labute approximate surface area is 165 Å². The second kappa shape index (κ2) is 8.00. The van der Waals surface area contributed by atoms with E-state index in [1.165, 1.54) is 34.1 Å². The maximum Gasteiger partial charge on any atom is 0.275 e. The van der Waals surface area contributed by atoms with Crippen LogP contribution in [0.4, 0.5) is 4.39 Å². The van der Waals surface area contributed by atoms with Gasteiger partial charge in [-0.3, -0.25) is 9.69 Å². The number of hydrogen-bond acceptors (Lipinski definition) is 5. The van der Waals surface area contributed by atoms with Crippen molar-refractivity contribution in [1.82, 2.24) is 19.5 Å². The topological polar surface area (TPSA) is 50.5 Å². The van der Waals surface area contributed by atoms with E-state index in [1.807, 2.05) is 30.3 Å². The molecule has 0 aliphatic heterocycles. The maximum atomic E-state index is 13.1. The van der Waals surface area contributed by atoms with Crippen LogP contribution in [0.3, 0.4) is 0 Å². The summed E-state index contributed by atoms with van der Waals surface area (Å²) >= 11 is 1.40. The Kier molecular flexibility index (Phi) is 5.27. The molecule has 0 spiro atoms. The summed E-state index contributed by atoms with van der Waals surface area (Å²) in [5, 5.41) is 5.17. The number of nitrogens with zero attached hydrogens (tertiary/aromatic N) is 4. The van der Waals surface area contributed by atoms with E-state index in [-0.39, 0.29) is 11.4 Å². The summed E-state index contributed by atoms with van der Waals surface area (Å²) in [5.41, 5.74) is 2.50. The minimum atomic E-state index is -0.244. The molecule has 2 aromatic heterocycles. The SMILES string of the molecule is CCN(Cc1ccc(F)cc1)Cc1cc(=O)n2nc(-c3ccccc3)sc2n1. The Morgan fingerprint density at radius 3 is 2.54 bits per heavy atom. The van der Waals surface area contributed by atoms with Crippen LogP contribution in [-0.4, -0.2) is 26.0 Å². The summed E-state index contributed by atoms with van der Waals surface area (Å²) in [7, 11) is 0. The van der Waals surface area contributed by atoms with Crippen LogP contribution in [0.15, 0.2) is 65.5 Å². The molecule has 0 atom stereocenters. The lowest BCUT2D eigenvalue weighted by Gasteiger charge is -2.19. The van der Waals surface area contributed by atoms with Gasteiger partial charge >= 0.3 is 0 Å². The lowest BCUT2D eigenvalue weighted by atomic mass is 10.2. The van der Waals surface area contributed by atoms with E-state index in [2.05, 4.69) is 21.9 Å². The molecular formula is C21H19FN4OS. The van der Waals surface area contributed by atoms with E-state index in [0.717, 1.165) is 22.7 Å². The summed E-state index contributed by atoms with van der Waals surface area (Å²) in [5.74, 6) is -0.244. The zero-order valence-corrected chi connectivity index (χ0v) is 16.2. The van der Waals surface area contributed by atoms with Gasteiger partial charge in [-0.1, -0.05) is 60.7 Å². The molecule has 7 heteroatoms. The van der Waals surface area contributed by atoms with Crippen molar-refractivity contribution in [2.24, 2.45) is 0 Å². The van der Waals surface area contributed by atoms with E-state index < -0.39 is 0 Å². The van der Waals surface area contributed by atoms with Crippen LogP contribution < -0.4 is 5.56 Å². The van der Waals surface area contributed by atoms with E-state index in [4.69, 9.17) is 0 Å². The second-order valence-corrected chi connectivity index (χ2v) is 7.44. The highest BCUT2D eigenvalue weighted by Crippen LogP contribution is 2.24. The molecular weight excluding hydrogens is 375 g/mol. The highest BCUT2D eigenvalue weighted by Gasteiger charge is 2.13. The first-order valence-corrected chi connectivity index (χ1v) is 9.86. The molecule has 0 saturated carbocycles. The summed E-state index contributed by atoms with van der Waals surface area (Å²) in [4.78, 5) is 19.9. The molecule has 0 fully saturated rings. The zero-order valence-electron chi connectivity index (χ0n) is 15.4. The number of aromatic nitrogens is 3. The highest BCUT2D eigenvalue weighted by atomic mass is 32.1. The average molecular weight is 394 g/mol. The van der Waals surface area contributed by atoms with Crippen molar-refractivity contribution in [3.63, 3.8) is 0 Å². The van der Waals surface area contributed by atoms with Crippen molar-refractivity contribution in [3.8, 4) is 10.6 Å². The summed E-state index contributed by atoms with van der Waals surface area (Å²) < 4.78 is 14.5. The molecule has 4 rings (SSSR count). The third-order valence-electron chi connectivity index (χ3n) is 4.47. The quantitative estimate of drug-likeness (QED) is 0.496. The molecule has 0 aliphatic carbocycles. The summed E-state index contributed by atoms with van der Waals surface area (Å²) in [6.07, 6.45) is 0. The standard InChI is InChI=1S/C21H19FN4OS/c1-2-25(13-15-8-10-17(22)11-9-15)14-18-12-19(27)26-21(23-18)28-20(24-26)16-6-4-3-5-7-16/h3-12H,2,13-14H2,1H3. The predicted octanol–water partition coefficient (Wildman–Crippen LogP) is 3.98. The third kappa shape index (κ3) is 4.00. The van der Waals surface area contributed by atoms with Gasteiger partial charge < -0.3 is 0 Å². The van der Waals surface area contributed by atoms with Gasteiger partial charge in [0.05, 0.1) is 5.69 Å². The maximum absolute atomic E-state index is 13.1. The largest absolute Gasteiger partial charge is 0.294 e. The molecule has 0 N–H and O–H groups in total. The monoisotopic (exact) mass is 394 g/mol. The van der Waals surface area contributed by atoms with Crippen LogP contribution in [0.1, 0.15) is 18.2 Å². The van der Waals surface area contributed by atoms with E-state index >= 15 is 0 Å². The lowest BCUT2D eigenvalue weighted by Crippen LogP contribution is -2.25. The van der Waals surface area contributed by atoms with Gasteiger partial charge in [0.25, 0.3) is 5.56 Å². The van der Waals surface area contributed by atoms with Crippen LogP contribution in [0, 0.1) is 5.82 Å². The van der Waals surface area contributed by atoms with E-state index in [1.54, 1.807) is 12.1 Å². The molecule has 0 radical (unpaired) electrons. The van der Waals surface area contributed by atoms with Gasteiger partial charge in [0, 0.05) is 24.7 Å². The first-order valence-electron chi connectivity index (χ1n) is 9.04. The van der Waals surface area contributed by atoms with Crippen molar-refractivity contribution in [2.75, 3.05) is 6.54 Å². The third-order valence-corrected chi connectivity index (χ3v) is 5.43. The second-order valence-electron chi connectivity index (χ2n) is 6.48. The average Bonchev–Trinajstić information content (AvgIpc) is 3.15. The molecule has 142 valence electrons. The Morgan fingerprint density at radius 2 is 1.82 bits per heavy atom.